The van der Waals surface area contributed by atoms with Crippen LogP contribution in [0.25, 0.3) is 0 Å². The van der Waals surface area contributed by atoms with Gasteiger partial charge in [-0.3, -0.25) is 9.48 Å². The molecule has 0 bridgehead atoms. The van der Waals surface area contributed by atoms with E-state index in [1.54, 1.807) is 17.5 Å². The quantitative estimate of drug-likeness (QED) is 0.435. The molecule has 0 aliphatic heterocycles. The summed E-state index contributed by atoms with van der Waals surface area (Å²) in [5.41, 5.74) is 1.37. The lowest BCUT2D eigenvalue weighted by atomic mass is 10.00. The topological polar surface area (TPSA) is 79.2 Å². The first kappa shape index (κ1) is 22.6. The van der Waals surface area contributed by atoms with E-state index >= 15 is 0 Å². The van der Waals surface area contributed by atoms with E-state index in [0.717, 1.165) is 18.9 Å². The van der Waals surface area contributed by atoms with E-state index in [9.17, 15) is 18.7 Å². The Morgan fingerprint density at radius 1 is 1.25 bits per heavy atom. The summed E-state index contributed by atoms with van der Waals surface area (Å²) in [5, 5.41) is 23.3. The van der Waals surface area contributed by atoms with Gasteiger partial charge in [-0.25, -0.2) is 8.78 Å². The molecule has 3 N–H and O–H groups in total. The SMILES string of the molecule is CC(=O)NC(Cc1cc(F)cc(F)c1)C(O)CNC1(c2cc(Cn3cccn3)cs2)CC1. The molecule has 1 saturated carbocycles. The van der Waals surface area contributed by atoms with Crippen LogP contribution in [0.2, 0.25) is 0 Å². The number of aromatic nitrogens is 2. The first-order valence-electron chi connectivity index (χ1n) is 10.5. The summed E-state index contributed by atoms with van der Waals surface area (Å²) in [5.74, 6) is -1.68. The van der Waals surface area contributed by atoms with Crippen LogP contribution < -0.4 is 10.6 Å². The van der Waals surface area contributed by atoms with Crippen LogP contribution in [0.3, 0.4) is 0 Å². The zero-order chi connectivity index (χ0) is 22.7. The smallest absolute Gasteiger partial charge is 0.217 e. The molecule has 3 aromatic rings. The summed E-state index contributed by atoms with van der Waals surface area (Å²) in [6, 6.07) is 6.62. The van der Waals surface area contributed by atoms with Gasteiger partial charge in [-0.05, 0) is 60.0 Å². The lowest BCUT2D eigenvalue weighted by molar-refractivity contribution is -0.120. The lowest BCUT2D eigenvalue weighted by Crippen LogP contribution is -2.49. The van der Waals surface area contributed by atoms with Gasteiger partial charge in [-0.1, -0.05) is 0 Å². The molecule has 4 rings (SSSR count). The first-order chi connectivity index (χ1) is 15.3. The fraction of sp³-hybridized carbons (Fsp3) is 0.391. The number of carbonyl (C=O) groups is 1. The second-order valence-electron chi connectivity index (χ2n) is 8.34. The van der Waals surface area contributed by atoms with Crippen LogP contribution in [0, 0.1) is 11.6 Å². The molecule has 1 aromatic carbocycles. The van der Waals surface area contributed by atoms with Gasteiger partial charge in [0.15, 0.2) is 0 Å². The van der Waals surface area contributed by atoms with Crippen molar-refractivity contribution in [1.82, 2.24) is 20.4 Å². The summed E-state index contributed by atoms with van der Waals surface area (Å²) in [6.45, 7) is 2.31. The number of nitrogens with zero attached hydrogens (tertiary/aromatic N) is 2. The van der Waals surface area contributed by atoms with Gasteiger partial charge in [-0.15, -0.1) is 11.3 Å². The van der Waals surface area contributed by atoms with Gasteiger partial charge in [0.2, 0.25) is 5.91 Å². The fourth-order valence-electron chi connectivity index (χ4n) is 3.90. The normalized spacial score (nSPS) is 16.5. The van der Waals surface area contributed by atoms with Crippen LogP contribution >= 0.6 is 11.3 Å². The largest absolute Gasteiger partial charge is 0.390 e. The lowest BCUT2D eigenvalue weighted by Gasteiger charge is -2.26. The van der Waals surface area contributed by atoms with E-state index in [2.05, 4.69) is 27.2 Å². The molecule has 32 heavy (non-hydrogen) atoms. The Balaban J connectivity index is 1.39. The molecule has 1 amide bonds. The predicted octanol–water partition coefficient (Wildman–Crippen LogP) is 2.96. The number of hydrogen-bond donors (Lipinski definition) is 3. The number of aliphatic hydroxyl groups excluding tert-OH is 1. The maximum Gasteiger partial charge on any atom is 0.217 e. The summed E-state index contributed by atoms with van der Waals surface area (Å²) < 4.78 is 29.0. The minimum Gasteiger partial charge on any atom is -0.390 e. The Bertz CT molecular complexity index is 1050. The number of halogens is 2. The number of amides is 1. The summed E-state index contributed by atoms with van der Waals surface area (Å²) >= 11 is 1.68. The van der Waals surface area contributed by atoms with Gasteiger partial charge >= 0.3 is 0 Å². The van der Waals surface area contributed by atoms with Crippen LogP contribution in [0.1, 0.15) is 35.8 Å². The summed E-state index contributed by atoms with van der Waals surface area (Å²) in [4.78, 5) is 12.9. The molecule has 6 nitrogen and oxygen atoms in total. The third-order valence-electron chi connectivity index (χ3n) is 5.66. The van der Waals surface area contributed by atoms with Crippen LogP contribution in [0.4, 0.5) is 8.78 Å². The third-order valence-corrected chi connectivity index (χ3v) is 6.84. The molecule has 2 atom stereocenters. The molecular weight excluding hydrogens is 434 g/mol. The van der Waals surface area contributed by atoms with Crippen molar-refractivity contribution in [2.45, 2.75) is 50.4 Å². The molecule has 1 aliphatic carbocycles. The minimum atomic E-state index is -0.925. The number of nitrogens with one attached hydrogen (secondary N) is 2. The van der Waals surface area contributed by atoms with Crippen LogP contribution in [-0.2, 0) is 23.3 Å². The van der Waals surface area contributed by atoms with E-state index in [1.807, 2.05) is 16.9 Å². The molecule has 0 saturated heterocycles. The van der Waals surface area contributed by atoms with Gasteiger partial charge in [0.05, 0.1) is 24.2 Å². The molecule has 0 spiro atoms. The maximum absolute atomic E-state index is 13.6. The van der Waals surface area contributed by atoms with Crippen LogP contribution in [0.15, 0.2) is 48.1 Å². The molecule has 170 valence electrons. The van der Waals surface area contributed by atoms with Crippen molar-refractivity contribution in [3.63, 3.8) is 0 Å². The first-order valence-corrected chi connectivity index (χ1v) is 11.4. The molecule has 2 aromatic heterocycles. The fourth-order valence-corrected chi connectivity index (χ4v) is 5.04. The Morgan fingerprint density at radius 3 is 2.62 bits per heavy atom. The van der Waals surface area contributed by atoms with E-state index in [0.29, 0.717) is 12.1 Å². The van der Waals surface area contributed by atoms with E-state index in [-0.39, 0.29) is 24.4 Å². The molecule has 0 radical (unpaired) electrons. The second kappa shape index (κ2) is 9.48. The summed E-state index contributed by atoms with van der Waals surface area (Å²) in [7, 11) is 0. The highest BCUT2D eigenvalue weighted by Crippen LogP contribution is 2.48. The minimum absolute atomic E-state index is 0.122. The Labute approximate surface area is 189 Å². The van der Waals surface area contributed by atoms with Gasteiger partial charge in [0, 0.05) is 36.8 Å². The maximum atomic E-state index is 13.6. The molecule has 9 heteroatoms. The number of carbonyl (C=O) groups excluding carboxylic acids is 1. The number of thiophene rings is 1. The van der Waals surface area contributed by atoms with E-state index in [1.165, 1.54) is 29.5 Å². The third kappa shape index (κ3) is 5.59. The van der Waals surface area contributed by atoms with Crippen molar-refractivity contribution in [3.8, 4) is 0 Å². The average molecular weight is 461 g/mol. The molecule has 2 heterocycles. The van der Waals surface area contributed by atoms with Gasteiger partial charge < -0.3 is 15.7 Å². The monoisotopic (exact) mass is 460 g/mol. The van der Waals surface area contributed by atoms with Crippen molar-refractivity contribution in [2.24, 2.45) is 0 Å². The van der Waals surface area contributed by atoms with Gasteiger partial charge in [0.1, 0.15) is 11.6 Å². The highest BCUT2D eigenvalue weighted by molar-refractivity contribution is 7.10. The Morgan fingerprint density at radius 2 is 2.00 bits per heavy atom. The van der Waals surface area contributed by atoms with Gasteiger partial charge in [0.25, 0.3) is 0 Å². The Kier molecular flexibility index (Phi) is 6.68. The predicted molar refractivity (Wildman–Crippen MR) is 118 cm³/mol. The van der Waals surface area contributed by atoms with Crippen molar-refractivity contribution in [3.05, 3.63) is 75.7 Å². The number of benzene rings is 1. The highest BCUT2D eigenvalue weighted by atomic mass is 32.1. The van der Waals surface area contributed by atoms with E-state index in [4.69, 9.17) is 0 Å². The molecule has 1 aliphatic rings. The zero-order valence-corrected chi connectivity index (χ0v) is 18.5. The van der Waals surface area contributed by atoms with Crippen LogP contribution in [0.5, 0.6) is 0 Å². The summed E-state index contributed by atoms with van der Waals surface area (Å²) in [6.07, 6.45) is 4.79. The number of aliphatic hydroxyl groups is 1. The van der Waals surface area contributed by atoms with Crippen molar-refractivity contribution >= 4 is 17.2 Å². The number of rotatable bonds is 10. The Hall–Kier alpha value is -2.62. The van der Waals surface area contributed by atoms with Gasteiger partial charge in [-0.2, -0.15) is 5.10 Å². The number of hydrogen-bond acceptors (Lipinski definition) is 5. The van der Waals surface area contributed by atoms with Crippen LogP contribution in [-0.4, -0.2) is 39.5 Å². The zero-order valence-electron chi connectivity index (χ0n) is 17.7. The molecule has 2 unspecified atom stereocenters. The van der Waals surface area contributed by atoms with Crippen molar-refractivity contribution < 1.29 is 18.7 Å². The van der Waals surface area contributed by atoms with Crippen molar-refractivity contribution in [2.75, 3.05) is 6.54 Å². The average Bonchev–Trinajstić information content (AvgIpc) is 3.10. The highest BCUT2D eigenvalue weighted by Gasteiger charge is 2.45. The van der Waals surface area contributed by atoms with Crippen molar-refractivity contribution in [1.29, 1.82) is 0 Å². The van der Waals surface area contributed by atoms with E-state index < -0.39 is 23.8 Å². The molecule has 1 fully saturated rings. The standard InChI is InChI=1S/C23H26F2N4O2S/c1-15(30)28-20(9-16-7-18(24)11-19(25)8-16)21(31)12-26-23(3-4-23)22-10-17(14-32-22)13-29-6-2-5-27-29/h2,5-8,10-11,14,20-21,26,31H,3-4,9,12-13H2,1H3,(H,28,30). The molecular formula is C23H26F2N4O2S. The second-order valence-corrected chi connectivity index (χ2v) is 9.25.